The molecular weight excluding hydrogens is 140 g/mol. The molecule has 0 radical (unpaired) electrons. The van der Waals surface area contributed by atoms with Crippen LogP contribution in [-0.2, 0) is 0 Å². The van der Waals surface area contributed by atoms with E-state index in [9.17, 15) is 0 Å². The number of nitrogens with zero attached hydrogens (tertiary/aromatic N) is 1. The lowest BCUT2D eigenvalue weighted by Gasteiger charge is -2.21. The first kappa shape index (κ1) is 8.09. The van der Waals surface area contributed by atoms with Gasteiger partial charge in [0, 0.05) is 16.7 Å². The number of rotatable bonds is 1. The van der Waals surface area contributed by atoms with E-state index in [-0.39, 0.29) is 12.0 Å². The molecule has 3 nitrogen and oxygen atoms in total. The van der Waals surface area contributed by atoms with Crippen LogP contribution in [-0.4, -0.2) is 11.7 Å². The second-order valence-corrected chi connectivity index (χ2v) is 3.22. The van der Waals surface area contributed by atoms with Crippen molar-refractivity contribution >= 4 is 0 Å². The first-order chi connectivity index (χ1) is 5.14. The van der Waals surface area contributed by atoms with Crippen LogP contribution in [0.5, 0.6) is 0 Å². The van der Waals surface area contributed by atoms with Gasteiger partial charge in [0.05, 0.1) is 12.7 Å². The van der Waals surface area contributed by atoms with Gasteiger partial charge < -0.3 is 10.8 Å². The molecule has 1 aliphatic rings. The lowest BCUT2D eigenvalue weighted by Crippen LogP contribution is -2.25. The number of aliphatic hydroxyl groups excluding tert-OH is 1. The first-order valence-corrected chi connectivity index (χ1v) is 3.64. The Labute approximate surface area is 66.1 Å². The Balaban J connectivity index is 2.95. The summed E-state index contributed by atoms with van der Waals surface area (Å²) in [5, 5.41) is 17.6. The second kappa shape index (κ2) is 2.55. The Bertz CT molecular complexity index is 239. The standard InChI is InChI=1S/C8H12N2O/c1-8(5-11)3-2-6(4-9)7(8)10/h11H,2-3,5,10H2,1H3. The van der Waals surface area contributed by atoms with Crippen LogP contribution in [0.25, 0.3) is 0 Å². The zero-order valence-electron chi connectivity index (χ0n) is 6.59. The van der Waals surface area contributed by atoms with Gasteiger partial charge >= 0.3 is 0 Å². The van der Waals surface area contributed by atoms with E-state index in [1.54, 1.807) is 0 Å². The highest BCUT2D eigenvalue weighted by molar-refractivity contribution is 5.34. The fraction of sp³-hybridized carbons (Fsp3) is 0.625. The van der Waals surface area contributed by atoms with Crippen LogP contribution in [0.4, 0.5) is 0 Å². The summed E-state index contributed by atoms with van der Waals surface area (Å²) in [6.07, 6.45) is 1.50. The monoisotopic (exact) mass is 152 g/mol. The SMILES string of the molecule is CC1(CO)CCC(C#N)=C1N. The van der Waals surface area contributed by atoms with Crippen molar-refractivity contribution in [3.8, 4) is 6.07 Å². The van der Waals surface area contributed by atoms with E-state index in [1.165, 1.54) is 0 Å². The number of hydrogen-bond donors (Lipinski definition) is 2. The van der Waals surface area contributed by atoms with Gasteiger partial charge in [-0.3, -0.25) is 0 Å². The molecule has 0 spiro atoms. The molecule has 0 fully saturated rings. The number of allylic oxidation sites excluding steroid dienone is 1. The number of hydrogen-bond acceptors (Lipinski definition) is 3. The Morgan fingerprint density at radius 1 is 1.82 bits per heavy atom. The third-order valence-electron chi connectivity index (χ3n) is 2.39. The van der Waals surface area contributed by atoms with Crippen molar-refractivity contribution in [3.05, 3.63) is 11.3 Å². The fourth-order valence-electron chi connectivity index (χ4n) is 1.31. The van der Waals surface area contributed by atoms with Crippen LogP contribution in [0.1, 0.15) is 19.8 Å². The molecule has 3 heteroatoms. The van der Waals surface area contributed by atoms with Crippen LogP contribution in [0.3, 0.4) is 0 Å². The van der Waals surface area contributed by atoms with Crippen molar-refractivity contribution in [3.63, 3.8) is 0 Å². The summed E-state index contributed by atoms with van der Waals surface area (Å²) in [4.78, 5) is 0. The van der Waals surface area contributed by atoms with Gasteiger partial charge in [-0.15, -0.1) is 0 Å². The molecule has 0 aromatic heterocycles. The maximum Gasteiger partial charge on any atom is 0.0965 e. The van der Waals surface area contributed by atoms with Gasteiger partial charge in [0.15, 0.2) is 0 Å². The van der Waals surface area contributed by atoms with E-state index in [1.807, 2.05) is 13.0 Å². The van der Waals surface area contributed by atoms with Crippen molar-refractivity contribution in [2.75, 3.05) is 6.61 Å². The molecular formula is C8H12N2O. The van der Waals surface area contributed by atoms with Gasteiger partial charge in [-0.1, -0.05) is 6.92 Å². The summed E-state index contributed by atoms with van der Waals surface area (Å²) in [5.41, 5.74) is 6.55. The second-order valence-electron chi connectivity index (χ2n) is 3.22. The average Bonchev–Trinajstić information content (AvgIpc) is 2.31. The number of nitrogens with two attached hydrogens (primary N) is 1. The Morgan fingerprint density at radius 3 is 2.73 bits per heavy atom. The summed E-state index contributed by atoms with van der Waals surface area (Å²) in [7, 11) is 0. The molecule has 1 unspecified atom stereocenters. The van der Waals surface area contributed by atoms with Crippen LogP contribution in [0.2, 0.25) is 0 Å². The van der Waals surface area contributed by atoms with Crippen molar-refractivity contribution < 1.29 is 5.11 Å². The Morgan fingerprint density at radius 2 is 2.45 bits per heavy atom. The molecule has 0 heterocycles. The van der Waals surface area contributed by atoms with Crippen LogP contribution in [0.15, 0.2) is 11.3 Å². The van der Waals surface area contributed by atoms with Gasteiger partial charge in [-0.2, -0.15) is 5.26 Å². The zero-order chi connectivity index (χ0) is 8.48. The molecule has 0 bridgehead atoms. The van der Waals surface area contributed by atoms with Gasteiger partial charge in [0.1, 0.15) is 0 Å². The molecule has 60 valence electrons. The average molecular weight is 152 g/mol. The quantitative estimate of drug-likeness (QED) is 0.575. The third kappa shape index (κ3) is 1.10. The Hall–Kier alpha value is -1.01. The minimum Gasteiger partial charge on any atom is -0.401 e. The maximum atomic E-state index is 8.99. The highest BCUT2D eigenvalue weighted by Crippen LogP contribution is 2.38. The van der Waals surface area contributed by atoms with Crippen molar-refractivity contribution in [1.82, 2.24) is 0 Å². The molecule has 0 saturated heterocycles. The summed E-state index contributed by atoms with van der Waals surface area (Å²) in [6, 6.07) is 2.05. The zero-order valence-corrected chi connectivity index (χ0v) is 6.59. The molecule has 0 amide bonds. The van der Waals surface area contributed by atoms with Crippen LogP contribution in [0, 0.1) is 16.7 Å². The van der Waals surface area contributed by atoms with E-state index >= 15 is 0 Å². The van der Waals surface area contributed by atoms with E-state index < -0.39 is 0 Å². The molecule has 1 rings (SSSR count). The molecule has 1 aliphatic carbocycles. The van der Waals surface area contributed by atoms with Crippen molar-refractivity contribution in [2.45, 2.75) is 19.8 Å². The van der Waals surface area contributed by atoms with E-state index in [4.69, 9.17) is 16.1 Å². The first-order valence-electron chi connectivity index (χ1n) is 3.64. The summed E-state index contributed by atoms with van der Waals surface area (Å²) < 4.78 is 0. The van der Waals surface area contributed by atoms with Gasteiger partial charge in [-0.05, 0) is 12.8 Å². The minimum atomic E-state index is -0.342. The molecule has 0 aliphatic heterocycles. The molecule has 0 aromatic rings. The summed E-state index contributed by atoms with van der Waals surface area (Å²) in [5.74, 6) is 0. The largest absolute Gasteiger partial charge is 0.401 e. The van der Waals surface area contributed by atoms with Crippen LogP contribution >= 0.6 is 0 Å². The van der Waals surface area contributed by atoms with Gasteiger partial charge in [0.25, 0.3) is 0 Å². The molecule has 11 heavy (non-hydrogen) atoms. The van der Waals surface area contributed by atoms with E-state index in [0.29, 0.717) is 17.7 Å². The molecule has 1 atom stereocenters. The van der Waals surface area contributed by atoms with Crippen LogP contribution < -0.4 is 5.73 Å². The lowest BCUT2D eigenvalue weighted by atomic mass is 9.89. The summed E-state index contributed by atoms with van der Waals surface area (Å²) in [6.45, 7) is 1.91. The predicted molar refractivity (Wildman–Crippen MR) is 41.3 cm³/mol. The minimum absolute atomic E-state index is 0.0318. The number of aliphatic hydroxyl groups is 1. The summed E-state index contributed by atoms with van der Waals surface area (Å²) >= 11 is 0. The fourth-order valence-corrected chi connectivity index (χ4v) is 1.31. The van der Waals surface area contributed by atoms with Crippen molar-refractivity contribution in [2.24, 2.45) is 11.1 Å². The van der Waals surface area contributed by atoms with E-state index in [2.05, 4.69) is 0 Å². The molecule has 0 saturated carbocycles. The third-order valence-corrected chi connectivity index (χ3v) is 2.39. The Kier molecular flexibility index (Phi) is 1.88. The van der Waals surface area contributed by atoms with E-state index in [0.717, 1.165) is 6.42 Å². The van der Waals surface area contributed by atoms with Crippen molar-refractivity contribution in [1.29, 1.82) is 5.26 Å². The topological polar surface area (TPSA) is 70.0 Å². The molecule has 0 aromatic carbocycles. The van der Waals surface area contributed by atoms with Gasteiger partial charge in [-0.25, -0.2) is 0 Å². The smallest absolute Gasteiger partial charge is 0.0965 e. The predicted octanol–water partition coefficient (Wildman–Crippen LogP) is 0.515. The number of nitriles is 1. The molecule has 3 N–H and O–H groups in total. The highest BCUT2D eigenvalue weighted by Gasteiger charge is 2.34. The lowest BCUT2D eigenvalue weighted by molar-refractivity contribution is 0.173. The van der Waals surface area contributed by atoms with Gasteiger partial charge in [0.2, 0.25) is 0 Å². The maximum absolute atomic E-state index is 8.99. The normalized spacial score (nSPS) is 30.6. The highest BCUT2D eigenvalue weighted by atomic mass is 16.3.